The van der Waals surface area contributed by atoms with E-state index in [0.29, 0.717) is 29.8 Å². The van der Waals surface area contributed by atoms with Crippen LogP contribution in [0.2, 0.25) is 0 Å². The number of halogens is 1. The Morgan fingerprint density at radius 3 is 2.65 bits per heavy atom. The quantitative estimate of drug-likeness (QED) is 0.664. The van der Waals surface area contributed by atoms with Crippen molar-refractivity contribution in [1.82, 2.24) is 4.98 Å². The first-order chi connectivity index (χ1) is 11.1. The summed E-state index contributed by atoms with van der Waals surface area (Å²) in [6.07, 6.45) is 2.59. The largest absolute Gasteiger partial charge is 0.305 e. The molecule has 116 valence electrons. The van der Waals surface area contributed by atoms with Crippen LogP contribution >= 0.6 is 0 Å². The van der Waals surface area contributed by atoms with Crippen molar-refractivity contribution in [1.29, 1.82) is 5.41 Å². The number of rotatable bonds is 2. The molecule has 1 saturated carbocycles. The van der Waals surface area contributed by atoms with Crippen LogP contribution in [0.3, 0.4) is 0 Å². The van der Waals surface area contributed by atoms with Gasteiger partial charge in [-0.1, -0.05) is 36.4 Å². The van der Waals surface area contributed by atoms with Crippen LogP contribution in [0.5, 0.6) is 0 Å². The summed E-state index contributed by atoms with van der Waals surface area (Å²) < 4.78 is 13.4. The first-order valence-electron chi connectivity index (χ1n) is 7.59. The molecule has 1 aromatic heterocycles. The molecule has 1 atom stereocenters. The Bertz CT molecular complexity index is 791. The topological polar surface area (TPSA) is 53.8 Å². The summed E-state index contributed by atoms with van der Waals surface area (Å²) in [4.78, 5) is 16.2. The Morgan fingerprint density at radius 2 is 1.96 bits per heavy atom. The monoisotopic (exact) mass is 308 g/mol. The molecule has 1 aliphatic carbocycles. The van der Waals surface area contributed by atoms with E-state index in [1.165, 1.54) is 6.07 Å². The normalized spacial score (nSPS) is 20.1. The molecule has 1 aliphatic rings. The van der Waals surface area contributed by atoms with Crippen LogP contribution in [-0.4, -0.2) is 16.5 Å². The number of nitrogens with one attached hydrogen (secondary N) is 1. The molecular formula is C19H17FN2O. The molecule has 0 amide bonds. The molecule has 1 heterocycles. The van der Waals surface area contributed by atoms with E-state index in [0.717, 1.165) is 11.1 Å². The van der Waals surface area contributed by atoms with E-state index in [2.05, 4.69) is 4.98 Å². The molecule has 0 aliphatic heterocycles. The van der Waals surface area contributed by atoms with E-state index >= 15 is 0 Å². The lowest BCUT2D eigenvalue weighted by Crippen LogP contribution is -2.24. The summed E-state index contributed by atoms with van der Waals surface area (Å²) in [5, 5.41) is 8.10. The third-order valence-electron chi connectivity index (χ3n) is 4.19. The van der Waals surface area contributed by atoms with E-state index in [1.807, 2.05) is 24.3 Å². The predicted molar refractivity (Wildman–Crippen MR) is 88.1 cm³/mol. The third-order valence-corrected chi connectivity index (χ3v) is 4.19. The van der Waals surface area contributed by atoms with Crippen molar-refractivity contribution in [2.45, 2.75) is 25.7 Å². The van der Waals surface area contributed by atoms with Crippen molar-refractivity contribution in [2.24, 2.45) is 0 Å². The Labute approximate surface area is 134 Å². The van der Waals surface area contributed by atoms with Gasteiger partial charge in [0.15, 0.2) is 5.78 Å². The van der Waals surface area contributed by atoms with Crippen LogP contribution in [0.25, 0.3) is 11.3 Å². The first-order valence-corrected chi connectivity index (χ1v) is 7.59. The lowest BCUT2D eigenvalue weighted by atomic mass is 9.78. The third kappa shape index (κ3) is 2.97. The maximum atomic E-state index is 13.4. The minimum atomic E-state index is -0.527. The zero-order valence-electron chi connectivity index (χ0n) is 12.8. The Hall–Kier alpha value is -2.62. The highest BCUT2D eigenvalue weighted by molar-refractivity contribution is 6.23. The number of nitrogens with zero attached hydrogens (tertiary/aromatic N) is 1. The SMILES string of the molecule is C/C=C1\C(=N)CC(c2ccccc2-c2cccc(F)n2)CC1=O. The summed E-state index contributed by atoms with van der Waals surface area (Å²) in [6, 6.07) is 12.3. The van der Waals surface area contributed by atoms with Crippen molar-refractivity contribution < 1.29 is 9.18 Å². The second-order valence-electron chi connectivity index (χ2n) is 5.64. The molecule has 0 saturated heterocycles. The summed E-state index contributed by atoms with van der Waals surface area (Å²) >= 11 is 0. The Morgan fingerprint density at radius 1 is 1.17 bits per heavy atom. The summed E-state index contributed by atoms with van der Waals surface area (Å²) in [7, 11) is 0. The van der Waals surface area contributed by atoms with Gasteiger partial charge in [0.05, 0.1) is 5.69 Å². The summed E-state index contributed by atoms with van der Waals surface area (Å²) in [6.45, 7) is 1.78. The fourth-order valence-electron chi connectivity index (χ4n) is 3.13. The highest BCUT2D eigenvalue weighted by atomic mass is 19.1. The maximum absolute atomic E-state index is 13.4. The molecule has 1 unspecified atom stereocenters. The molecular weight excluding hydrogens is 291 g/mol. The predicted octanol–water partition coefficient (Wildman–Crippen LogP) is 4.30. The van der Waals surface area contributed by atoms with Gasteiger partial charge in [-0.25, -0.2) is 4.98 Å². The molecule has 3 rings (SSSR count). The van der Waals surface area contributed by atoms with Crippen molar-refractivity contribution in [2.75, 3.05) is 0 Å². The number of hydrogen-bond acceptors (Lipinski definition) is 3. The second kappa shape index (κ2) is 6.24. The number of allylic oxidation sites excluding steroid dienone is 2. The van der Waals surface area contributed by atoms with E-state index in [-0.39, 0.29) is 11.7 Å². The number of Topliss-reactive ketones (excluding diaryl/α,β-unsaturated/α-hetero) is 1. The molecule has 3 nitrogen and oxygen atoms in total. The number of pyridine rings is 1. The highest BCUT2D eigenvalue weighted by Gasteiger charge is 2.29. The Kier molecular flexibility index (Phi) is 4.15. The van der Waals surface area contributed by atoms with Gasteiger partial charge in [0.2, 0.25) is 5.95 Å². The zero-order valence-corrected chi connectivity index (χ0v) is 12.8. The lowest BCUT2D eigenvalue weighted by Gasteiger charge is -2.25. The van der Waals surface area contributed by atoms with Crippen LogP contribution in [0.15, 0.2) is 54.1 Å². The van der Waals surface area contributed by atoms with Crippen LogP contribution in [0, 0.1) is 11.4 Å². The molecule has 0 bridgehead atoms. The molecule has 2 aromatic rings. The van der Waals surface area contributed by atoms with Gasteiger partial charge in [-0.2, -0.15) is 4.39 Å². The fraction of sp³-hybridized carbons (Fsp3) is 0.211. The van der Waals surface area contributed by atoms with Crippen LogP contribution < -0.4 is 0 Å². The van der Waals surface area contributed by atoms with Crippen LogP contribution in [0.4, 0.5) is 4.39 Å². The van der Waals surface area contributed by atoms with Gasteiger partial charge >= 0.3 is 0 Å². The summed E-state index contributed by atoms with van der Waals surface area (Å²) in [5.74, 6) is -0.600. The molecule has 0 spiro atoms. The number of aromatic nitrogens is 1. The minimum absolute atomic E-state index is 0.00393. The van der Waals surface area contributed by atoms with Crippen molar-refractivity contribution in [3.05, 3.63) is 65.6 Å². The maximum Gasteiger partial charge on any atom is 0.213 e. The second-order valence-corrected chi connectivity index (χ2v) is 5.64. The van der Waals surface area contributed by atoms with Gasteiger partial charge in [0.25, 0.3) is 0 Å². The summed E-state index contributed by atoms with van der Waals surface area (Å²) in [5.41, 5.74) is 3.20. The Balaban J connectivity index is 2.02. The van der Waals surface area contributed by atoms with Gasteiger partial charge < -0.3 is 5.41 Å². The van der Waals surface area contributed by atoms with E-state index in [9.17, 15) is 9.18 Å². The number of ketones is 1. The van der Waals surface area contributed by atoms with E-state index in [1.54, 1.807) is 25.1 Å². The van der Waals surface area contributed by atoms with Crippen LogP contribution in [0.1, 0.15) is 31.2 Å². The van der Waals surface area contributed by atoms with Crippen LogP contribution in [-0.2, 0) is 4.79 Å². The number of benzene rings is 1. The zero-order chi connectivity index (χ0) is 16.4. The van der Waals surface area contributed by atoms with Gasteiger partial charge in [0, 0.05) is 23.3 Å². The van der Waals surface area contributed by atoms with Crippen molar-refractivity contribution in [3.8, 4) is 11.3 Å². The standard InChI is InChI=1S/C19H17FN2O/c1-2-13-16(21)10-12(11-18(13)23)14-6-3-4-7-15(14)17-8-5-9-19(20)22-17/h2-9,12,21H,10-11H2,1H3/b13-2+,21-16?. The highest BCUT2D eigenvalue weighted by Crippen LogP contribution is 2.36. The van der Waals surface area contributed by atoms with Gasteiger partial charge in [-0.15, -0.1) is 0 Å². The first kappa shape index (κ1) is 15.3. The molecule has 1 N–H and O–H groups in total. The van der Waals surface area contributed by atoms with Gasteiger partial charge in [0.1, 0.15) is 0 Å². The molecule has 4 heteroatoms. The molecule has 1 aromatic carbocycles. The number of carbonyl (C=O) groups excluding carboxylic acids is 1. The van der Waals surface area contributed by atoms with Crippen molar-refractivity contribution in [3.63, 3.8) is 0 Å². The minimum Gasteiger partial charge on any atom is -0.305 e. The number of hydrogen-bond donors (Lipinski definition) is 1. The molecule has 0 radical (unpaired) electrons. The molecule has 23 heavy (non-hydrogen) atoms. The average Bonchev–Trinajstić information content (AvgIpc) is 2.54. The smallest absolute Gasteiger partial charge is 0.213 e. The molecule has 1 fully saturated rings. The fourth-order valence-corrected chi connectivity index (χ4v) is 3.13. The van der Waals surface area contributed by atoms with Gasteiger partial charge in [-0.3, -0.25) is 4.79 Å². The lowest BCUT2D eigenvalue weighted by molar-refractivity contribution is -0.115. The number of carbonyl (C=O) groups is 1. The van der Waals surface area contributed by atoms with Crippen molar-refractivity contribution >= 4 is 11.5 Å². The van der Waals surface area contributed by atoms with E-state index < -0.39 is 5.95 Å². The van der Waals surface area contributed by atoms with Gasteiger partial charge in [-0.05, 0) is 37.0 Å². The average molecular weight is 308 g/mol. The van der Waals surface area contributed by atoms with E-state index in [4.69, 9.17) is 5.41 Å².